The summed E-state index contributed by atoms with van der Waals surface area (Å²) in [6.45, 7) is 3.18. The molecule has 0 atom stereocenters. The van der Waals surface area contributed by atoms with Crippen LogP contribution < -0.4 is 4.83 Å². The van der Waals surface area contributed by atoms with Gasteiger partial charge in [0.15, 0.2) is 0 Å². The highest BCUT2D eigenvalue weighted by Gasteiger charge is 2.20. The highest BCUT2D eigenvalue weighted by molar-refractivity contribution is 9.10. The second-order valence-electron chi connectivity index (χ2n) is 5.72. The van der Waals surface area contributed by atoms with Crippen molar-refractivity contribution in [2.24, 2.45) is 5.10 Å². The summed E-state index contributed by atoms with van der Waals surface area (Å²) >= 11 is 3.37. The number of non-ortho nitro benzene ring substituents is 1. The number of aromatic nitrogens is 2. The van der Waals surface area contributed by atoms with E-state index in [2.05, 4.69) is 30.8 Å². The maximum absolute atomic E-state index is 12.5. The minimum Gasteiger partial charge on any atom is -0.297 e. The van der Waals surface area contributed by atoms with Gasteiger partial charge in [0.05, 0.1) is 27.4 Å². The van der Waals surface area contributed by atoms with Gasteiger partial charge in [0.1, 0.15) is 5.65 Å². The molecule has 2 heterocycles. The Bertz CT molecular complexity index is 1190. The largest absolute Gasteiger partial charge is 0.297 e. The van der Waals surface area contributed by atoms with E-state index in [0.29, 0.717) is 22.6 Å². The quantitative estimate of drug-likeness (QED) is 0.363. The number of nitrogens with zero attached hydrogens (tertiary/aromatic N) is 4. The minimum atomic E-state index is -4.08. The third kappa shape index (κ3) is 3.83. The van der Waals surface area contributed by atoms with Gasteiger partial charge >= 0.3 is 0 Å². The topological polar surface area (TPSA) is 119 Å². The van der Waals surface area contributed by atoms with E-state index < -0.39 is 14.9 Å². The third-order valence-corrected chi connectivity index (χ3v) is 5.67. The van der Waals surface area contributed by atoms with Crippen LogP contribution >= 0.6 is 15.9 Å². The Morgan fingerprint density at radius 1 is 1.33 bits per heavy atom. The predicted molar refractivity (Wildman–Crippen MR) is 103 cm³/mol. The van der Waals surface area contributed by atoms with Crippen molar-refractivity contribution in [3.8, 4) is 0 Å². The smallest absolute Gasteiger partial charge is 0.277 e. The van der Waals surface area contributed by atoms with E-state index in [9.17, 15) is 18.5 Å². The molecule has 27 heavy (non-hydrogen) atoms. The SMILES string of the molecule is CC(=NNS(=O)(=O)c1cc([N+](=O)[O-])ccc1C)c1cnc2ccc(Br)cn12. The van der Waals surface area contributed by atoms with Crippen molar-refractivity contribution >= 4 is 43.0 Å². The first-order chi connectivity index (χ1) is 12.7. The van der Waals surface area contributed by atoms with Crippen LogP contribution in [-0.2, 0) is 10.0 Å². The number of imidazole rings is 1. The zero-order valence-electron chi connectivity index (χ0n) is 14.2. The summed E-state index contributed by atoms with van der Waals surface area (Å²) in [6, 6.07) is 7.28. The van der Waals surface area contributed by atoms with Crippen LogP contribution in [0.1, 0.15) is 18.2 Å². The molecule has 9 nitrogen and oxygen atoms in total. The van der Waals surface area contributed by atoms with Crippen molar-refractivity contribution in [2.45, 2.75) is 18.7 Å². The Labute approximate surface area is 163 Å². The highest BCUT2D eigenvalue weighted by Crippen LogP contribution is 2.21. The number of halogens is 1. The van der Waals surface area contributed by atoms with Gasteiger partial charge in [0.2, 0.25) is 0 Å². The number of fused-ring (bicyclic) bond motifs is 1. The Hall–Kier alpha value is -2.79. The number of aryl methyl sites for hydroxylation is 1. The van der Waals surface area contributed by atoms with Gasteiger partial charge in [-0.3, -0.25) is 14.5 Å². The Kier molecular flexibility index (Phi) is 4.98. The molecular weight excluding hydrogens is 438 g/mol. The van der Waals surface area contributed by atoms with Crippen LogP contribution in [0.4, 0.5) is 5.69 Å². The molecule has 1 N–H and O–H groups in total. The van der Waals surface area contributed by atoms with E-state index in [1.165, 1.54) is 12.1 Å². The third-order valence-electron chi connectivity index (χ3n) is 3.85. The number of nitro groups is 1. The van der Waals surface area contributed by atoms with E-state index in [-0.39, 0.29) is 10.6 Å². The fourth-order valence-corrected chi connectivity index (χ4v) is 3.91. The van der Waals surface area contributed by atoms with Crippen molar-refractivity contribution in [3.05, 3.63) is 68.6 Å². The van der Waals surface area contributed by atoms with Crippen LogP contribution in [0.25, 0.3) is 5.65 Å². The van der Waals surface area contributed by atoms with Crippen LogP contribution in [0.15, 0.2) is 57.2 Å². The molecule has 3 rings (SSSR count). The van der Waals surface area contributed by atoms with E-state index >= 15 is 0 Å². The Balaban J connectivity index is 1.95. The lowest BCUT2D eigenvalue weighted by atomic mass is 10.2. The summed E-state index contributed by atoms with van der Waals surface area (Å²) in [6.07, 6.45) is 3.36. The van der Waals surface area contributed by atoms with Crippen molar-refractivity contribution in [1.29, 1.82) is 0 Å². The molecule has 1 aromatic carbocycles. The molecule has 0 unspecified atom stereocenters. The standard InChI is InChI=1S/C16H14BrN5O4S/c1-10-3-5-13(22(23)24)7-15(10)27(25,26)20-19-11(2)14-8-18-16-6-4-12(17)9-21(14)16/h3-9,20H,1-2H3. The molecule has 0 aliphatic heterocycles. The number of benzene rings is 1. The van der Waals surface area contributed by atoms with Crippen LogP contribution in [0, 0.1) is 17.0 Å². The number of rotatable bonds is 5. The van der Waals surface area contributed by atoms with Crippen molar-refractivity contribution in [1.82, 2.24) is 14.2 Å². The van der Waals surface area contributed by atoms with Crippen LogP contribution in [0.2, 0.25) is 0 Å². The number of hydrogen-bond donors (Lipinski definition) is 1. The number of pyridine rings is 1. The molecule has 0 saturated carbocycles. The predicted octanol–water partition coefficient (Wildman–Crippen LogP) is 3.02. The maximum atomic E-state index is 12.5. The van der Waals surface area contributed by atoms with Gasteiger partial charge in [0.25, 0.3) is 15.7 Å². The molecule has 0 radical (unpaired) electrons. The lowest BCUT2D eigenvalue weighted by Gasteiger charge is -2.08. The molecule has 2 aromatic heterocycles. The number of hydrogen-bond acceptors (Lipinski definition) is 6. The summed E-state index contributed by atoms with van der Waals surface area (Å²) in [4.78, 5) is 16.4. The highest BCUT2D eigenvalue weighted by atomic mass is 79.9. The van der Waals surface area contributed by atoms with Crippen LogP contribution in [0.3, 0.4) is 0 Å². The molecule has 0 aliphatic rings. The normalized spacial score (nSPS) is 12.3. The number of nitrogens with one attached hydrogen (secondary N) is 1. The lowest BCUT2D eigenvalue weighted by molar-refractivity contribution is -0.385. The van der Waals surface area contributed by atoms with Gasteiger partial charge in [-0.15, -0.1) is 0 Å². The van der Waals surface area contributed by atoms with Crippen molar-refractivity contribution in [3.63, 3.8) is 0 Å². The van der Waals surface area contributed by atoms with Gasteiger partial charge in [-0.25, -0.2) is 4.98 Å². The fourth-order valence-electron chi connectivity index (χ4n) is 2.45. The monoisotopic (exact) mass is 451 g/mol. The lowest BCUT2D eigenvalue weighted by Crippen LogP contribution is -2.21. The first-order valence-electron chi connectivity index (χ1n) is 7.63. The van der Waals surface area contributed by atoms with E-state index in [1.807, 2.05) is 6.07 Å². The number of nitro benzene ring substituents is 1. The minimum absolute atomic E-state index is 0.200. The average Bonchev–Trinajstić information content (AvgIpc) is 3.02. The van der Waals surface area contributed by atoms with E-state index in [4.69, 9.17) is 0 Å². The van der Waals surface area contributed by atoms with Gasteiger partial charge < -0.3 is 0 Å². The van der Waals surface area contributed by atoms with Gasteiger partial charge in [-0.2, -0.15) is 18.4 Å². The summed E-state index contributed by atoms with van der Waals surface area (Å²) in [5.41, 5.74) is 1.73. The maximum Gasteiger partial charge on any atom is 0.277 e. The van der Waals surface area contributed by atoms with Crippen molar-refractivity contribution < 1.29 is 13.3 Å². The zero-order valence-corrected chi connectivity index (χ0v) is 16.7. The number of sulfonamides is 1. The second kappa shape index (κ2) is 7.08. The molecule has 0 fully saturated rings. The van der Waals surface area contributed by atoms with Crippen LogP contribution in [0.5, 0.6) is 0 Å². The molecule has 0 amide bonds. The molecule has 0 spiro atoms. The summed E-state index contributed by atoms with van der Waals surface area (Å²) in [5, 5.41) is 14.9. The second-order valence-corrected chi connectivity index (χ2v) is 8.26. The molecule has 0 bridgehead atoms. The Morgan fingerprint density at radius 3 is 2.78 bits per heavy atom. The first kappa shape index (κ1) is 19.0. The molecule has 11 heteroatoms. The van der Waals surface area contributed by atoms with Gasteiger partial charge in [-0.1, -0.05) is 6.07 Å². The fraction of sp³-hybridized carbons (Fsp3) is 0.125. The molecule has 140 valence electrons. The zero-order chi connectivity index (χ0) is 19.8. The number of hydrazone groups is 1. The molecular formula is C16H14BrN5O4S. The van der Waals surface area contributed by atoms with E-state index in [1.54, 1.807) is 36.7 Å². The molecule has 0 saturated heterocycles. The van der Waals surface area contributed by atoms with Crippen LogP contribution in [-0.4, -0.2) is 28.4 Å². The summed E-state index contributed by atoms with van der Waals surface area (Å²) < 4.78 is 27.7. The van der Waals surface area contributed by atoms with Gasteiger partial charge in [0, 0.05) is 22.8 Å². The summed E-state index contributed by atoms with van der Waals surface area (Å²) in [7, 11) is -4.08. The van der Waals surface area contributed by atoms with E-state index in [0.717, 1.165) is 10.5 Å². The molecule has 0 aliphatic carbocycles. The van der Waals surface area contributed by atoms with Crippen molar-refractivity contribution in [2.75, 3.05) is 0 Å². The first-order valence-corrected chi connectivity index (χ1v) is 9.91. The average molecular weight is 452 g/mol. The Morgan fingerprint density at radius 2 is 2.07 bits per heavy atom. The summed E-state index contributed by atoms with van der Waals surface area (Å²) in [5.74, 6) is 0. The van der Waals surface area contributed by atoms with Gasteiger partial charge in [-0.05, 0) is 47.5 Å². The molecule has 3 aromatic rings.